The molecule has 0 saturated carbocycles. The molecule has 23 heavy (non-hydrogen) atoms. The van der Waals surface area contributed by atoms with Gasteiger partial charge in [0.05, 0.1) is 0 Å². The number of hydrogen-bond donors (Lipinski definition) is 2. The van der Waals surface area contributed by atoms with E-state index in [1.54, 1.807) is 0 Å². The fourth-order valence-electron chi connectivity index (χ4n) is 3.51. The fourth-order valence-corrected chi connectivity index (χ4v) is 3.51. The van der Waals surface area contributed by atoms with Crippen molar-refractivity contribution in [2.24, 2.45) is 11.7 Å². The standard InChI is InChI=1S/C19H27N3O/c1-13(2)15-5-6-16-11-18(21-17(16)10-15)19(23)22-9-3-4-14(12-22)7-8-20/h5-6,10-11,13-14,21H,3-4,7-9,12,20H2,1-2H3. The highest BCUT2D eigenvalue weighted by Crippen LogP contribution is 2.24. The minimum atomic E-state index is 0.119. The number of rotatable bonds is 4. The fraction of sp³-hybridized carbons (Fsp3) is 0.526. The smallest absolute Gasteiger partial charge is 0.270 e. The number of carbonyl (C=O) groups excluding carboxylic acids is 1. The first-order chi connectivity index (χ1) is 11.1. The van der Waals surface area contributed by atoms with Crippen LogP contribution in [0.5, 0.6) is 0 Å². The van der Waals surface area contributed by atoms with Gasteiger partial charge in [-0.1, -0.05) is 26.0 Å². The Morgan fingerprint density at radius 3 is 2.96 bits per heavy atom. The summed E-state index contributed by atoms with van der Waals surface area (Å²) in [4.78, 5) is 18.1. The van der Waals surface area contributed by atoms with Gasteiger partial charge in [-0.15, -0.1) is 0 Å². The quantitative estimate of drug-likeness (QED) is 0.907. The van der Waals surface area contributed by atoms with Gasteiger partial charge in [0, 0.05) is 24.0 Å². The molecule has 0 bridgehead atoms. The molecular weight excluding hydrogens is 286 g/mol. The van der Waals surface area contributed by atoms with E-state index < -0.39 is 0 Å². The van der Waals surface area contributed by atoms with Crippen molar-refractivity contribution in [3.05, 3.63) is 35.5 Å². The van der Waals surface area contributed by atoms with E-state index in [0.717, 1.165) is 36.8 Å². The summed E-state index contributed by atoms with van der Waals surface area (Å²) in [5.74, 6) is 1.16. The zero-order chi connectivity index (χ0) is 16.4. The van der Waals surface area contributed by atoms with Gasteiger partial charge in [-0.25, -0.2) is 0 Å². The summed E-state index contributed by atoms with van der Waals surface area (Å²) in [5.41, 5.74) is 8.72. The molecule has 4 heteroatoms. The van der Waals surface area contributed by atoms with E-state index in [9.17, 15) is 4.79 Å². The number of likely N-dealkylation sites (tertiary alicyclic amines) is 1. The van der Waals surface area contributed by atoms with Gasteiger partial charge < -0.3 is 15.6 Å². The Kier molecular flexibility index (Phi) is 4.71. The van der Waals surface area contributed by atoms with E-state index in [2.05, 4.69) is 37.0 Å². The van der Waals surface area contributed by atoms with Crippen LogP contribution in [0.15, 0.2) is 24.3 Å². The van der Waals surface area contributed by atoms with Crippen LogP contribution in [0.2, 0.25) is 0 Å². The Bertz CT molecular complexity index is 687. The third-order valence-electron chi connectivity index (χ3n) is 4.92. The van der Waals surface area contributed by atoms with Gasteiger partial charge in [-0.05, 0) is 55.3 Å². The summed E-state index contributed by atoms with van der Waals surface area (Å²) in [6.07, 6.45) is 3.27. The molecule has 1 aromatic heterocycles. The average molecular weight is 313 g/mol. The molecule has 1 aromatic carbocycles. The molecule has 0 spiro atoms. The number of aromatic nitrogens is 1. The van der Waals surface area contributed by atoms with Crippen LogP contribution < -0.4 is 5.73 Å². The number of aromatic amines is 1. The highest BCUT2D eigenvalue weighted by Gasteiger charge is 2.25. The van der Waals surface area contributed by atoms with Gasteiger partial charge in [0.1, 0.15) is 5.69 Å². The maximum atomic E-state index is 12.8. The predicted octanol–water partition coefficient (Wildman–Crippen LogP) is 3.49. The molecule has 3 rings (SSSR count). The number of H-pyrrole nitrogens is 1. The number of carbonyl (C=O) groups is 1. The molecule has 1 unspecified atom stereocenters. The first kappa shape index (κ1) is 16.1. The van der Waals surface area contributed by atoms with Gasteiger partial charge >= 0.3 is 0 Å². The molecule has 1 amide bonds. The Morgan fingerprint density at radius 1 is 1.39 bits per heavy atom. The molecule has 1 atom stereocenters. The largest absolute Gasteiger partial charge is 0.351 e. The molecule has 3 N–H and O–H groups in total. The van der Waals surface area contributed by atoms with Gasteiger partial charge in [0.2, 0.25) is 0 Å². The van der Waals surface area contributed by atoms with Crippen LogP contribution in [0.25, 0.3) is 10.9 Å². The van der Waals surface area contributed by atoms with Crippen molar-refractivity contribution in [3.8, 4) is 0 Å². The molecule has 0 radical (unpaired) electrons. The van der Waals surface area contributed by atoms with Crippen molar-refractivity contribution in [1.29, 1.82) is 0 Å². The van der Waals surface area contributed by atoms with E-state index in [-0.39, 0.29) is 5.91 Å². The predicted molar refractivity (Wildman–Crippen MR) is 94.7 cm³/mol. The number of nitrogens with zero attached hydrogens (tertiary/aromatic N) is 1. The number of nitrogens with two attached hydrogens (primary N) is 1. The molecule has 1 aliphatic heterocycles. The van der Waals surface area contributed by atoms with Gasteiger partial charge in [0.15, 0.2) is 0 Å². The maximum absolute atomic E-state index is 12.8. The van der Waals surface area contributed by atoms with Crippen molar-refractivity contribution in [1.82, 2.24) is 9.88 Å². The Morgan fingerprint density at radius 2 is 2.22 bits per heavy atom. The molecule has 4 nitrogen and oxygen atoms in total. The van der Waals surface area contributed by atoms with Crippen LogP contribution >= 0.6 is 0 Å². The lowest BCUT2D eigenvalue weighted by molar-refractivity contribution is 0.0664. The molecular formula is C19H27N3O. The van der Waals surface area contributed by atoms with Crippen LogP contribution in [-0.4, -0.2) is 35.4 Å². The highest BCUT2D eigenvalue weighted by molar-refractivity contribution is 5.98. The van der Waals surface area contributed by atoms with E-state index in [1.165, 1.54) is 12.0 Å². The SMILES string of the molecule is CC(C)c1ccc2cc(C(=O)N3CCCC(CCN)C3)[nH]c2c1. The summed E-state index contributed by atoms with van der Waals surface area (Å²) in [6, 6.07) is 8.39. The first-order valence-corrected chi connectivity index (χ1v) is 8.70. The van der Waals surface area contributed by atoms with Gasteiger partial charge in [0.25, 0.3) is 5.91 Å². The lowest BCUT2D eigenvalue weighted by atomic mass is 9.94. The molecule has 2 heterocycles. The zero-order valence-corrected chi connectivity index (χ0v) is 14.1. The summed E-state index contributed by atoms with van der Waals surface area (Å²) >= 11 is 0. The normalized spacial score (nSPS) is 18.8. The molecule has 1 aliphatic rings. The Hall–Kier alpha value is -1.81. The number of amides is 1. The summed E-state index contributed by atoms with van der Waals surface area (Å²) in [5, 5.41) is 1.10. The second kappa shape index (κ2) is 6.75. The summed E-state index contributed by atoms with van der Waals surface area (Å²) in [7, 11) is 0. The molecule has 2 aromatic rings. The third kappa shape index (κ3) is 3.42. The lowest BCUT2D eigenvalue weighted by Gasteiger charge is -2.32. The van der Waals surface area contributed by atoms with Crippen LogP contribution in [-0.2, 0) is 0 Å². The third-order valence-corrected chi connectivity index (χ3v) is 4.92. The summed E-state index contributed by atoms with van der Waals surface area (Å²) in [6.45, 7) is 6.76. The van der Waals surface area contributed by atoms with Gasteiger partial charge in [-0.2, -0.15) is 0 Å². The average Bonchev–Trinajstić information content (AvgIpc) is 2.97. The van der Waals surface area contributed by atoms with E-state index in [0.29, 0.717) is 24.1 Å². The van der Waals surface area contributed by atoms with Crippen molar-refractivity contribution in [2.45, 2.75) is 39.0 Å². The van der Waals surface area contributed by atoms with Crippen LogP contribution in [0.3, 0.4) is 0 Å². The molecule has 1 fully saturated rings. The van der Waals surface area contributed by atoms with Gasteiger partial charge in [-0.3, -0.25) is 4.79 Å². The number of hydrogen-bond acceptors (Lipinski definition) is 2. The minimum Gasteiger partial charge on any atom is -0.351 e. The van der Waals surface area contributed by atoms with Crippen molar-refractivity contribution in [3.63, 3.8) is 0 Å². The van der Waals surface area contributed by atoms with E-state index >= 15 is 0 Å². The second-order valence-electron chi connectivity index (χ2n) is 7.02. The first-order valence-electron chi connectivity index (χ1n) is 8.70. The minimum absolute atomic E-state index is 0.119. The Balaban J connectivity index is 1.80. The summed E-state index contributed by atoms with van der Waals surface area (Å²) < 4.78 is 0. The lowest BCUT2D eigenvalue weighted by Crippen LogP contribution is -2.40. The van der Waals surface area contributed by atoms with E-state index in [4.69, 9.17) is 5.73 Å². The monoisotopic (exact) mass is 313 g/mol. The Labute approximate surface area is 138 Å². The highest BCUT2D eigenvalue weighted by atomic mass is 16.2. The van der Waals surface area contributed by atoms with Crippen molar-refractivity contribution >= 4 is 16.8 Å². The topological polar surface area (TPSA) is 62.1 Å². The maximum Gasteiger partial charge on any atom is 0.270 e. The number of fused-ring (bicyclic) bond motifs is 1. The number of nitrogens with one attached hydrogen (secondary N) is 1. The van der Waals surface area contributed by atoms with Crippen LogP contribution in [0, 0.1) is 5.92 Å². The molecule has 0 aliphatic carbocycles. The molecule has 1 saturated heterocycles. The number of piperidine rings is 1. The van der Waals surface area contributed by atoms with Crippen LogP contribution in [0.1, 0.15) is 55.1 Å². The zero-order valence-electron chi connectivity index (χ0n) is 14.1. The van der Waals surface area contributed by atoms with Crippen LogP contribution in [0.4, 0.5) is 0 Å². The molecule has 124 valence electrons. The second-order valence-corrected chi connectivity index (χ2v) is 7.02. The number of benzene rings is 1. The van der Waals surface area contributed by atoms with Crippen molar-refractivity contribution in [2.75, 3.05) is 19.6 Å². The van der Waals surface area contributed by atoms with Crippen molar-refractivity contribution < 1.29 is 4.79 Å². The van der Waals surface area contributed by atoms with E-state index in [1.807, 2.05) is 11.0 Å².